The van der Waals surface area contributed by atoms with Crippen LogP contribution in [0.25, 0.3) is 0 Å². The fraction of sp³-hybridized carbons (Fsp3) is 0.400. The van der Waals surface area contributed by atoms with Crippen LogP contribution >= 0.6 is 11.6 Å². The fourth-order valence-electron chi connectivity index (χ4n) is 4.11. The van der Waals surface area contributed by atoms with Crippen LogP contribution in [0.3, 0.4) is 0 Å². The number of carbonyl (C=O) groups excluding carboxylic acids is 1. The van der Waals surface area contributed by atoms with Crippen molar-refractivity contribution in [3.63, 3.8) is 0 Å². The predicted molar refractivity (Wildman–Crippen MR) is 109 cm³/mol. The monoisotopic (exact) mass is 479 g/mol. The van der Waals surface area contributed by atoms with E-state index in [1.165, 1.54) is 0 Å². The van der Waals surface area contributed by atoms with Crippen LogP contribution in [0.5, 0.6) is 5.75 Å². The number of hydrogen-bond donors (Lipinski definition) is 0. The van der Waals surface area contributed by atoms with Gasteiger partial charge in [-0.05, 0) is 37.5 Å². The van der Waals surface area contributed by atoms with E-state index in [4.69, 9.17) is 21.1 Å². The lowest BCUT2D eigenvalue weighted by Crippen LogP contribution is -2.30. The first-order valence-corrected chi connectivity index (χ1v) is 10.3. The molecule has 0 saturated heterocycles. The molecule has 1 aliphatic heterocycles. The summed E-state index contributed by atoms with van der Waals surface area (Å²) >= 11 is 5.96. The molecular weight excluding hydrogens is 462 g/mol. The number of aromatic nitrogens is 1. The van der Waals surface area contributed by atoms with E-state index >= 15 is 0 Å². The number of benzene rings is 1. The van der Waals surface area contributed by atoms with Gasteiger partial charge >= 0.3 is 5.97 Å². The maximum atomic E-state index is 12.9. The van der Waals surface area contributed by atoms with Gasteiger partial charge in [0.25, 0.3) is 10.2 Å². The number of halogens is 1. The van der Waals surface area contributed by atoms with E-state index in [-0.39, 0.29) is 25.2 Å². The molecule has 174 valence electrons. The van der Waals surface area contributed by atoms with Gasteiger partial charge in [-0.15, -0.1) is 20.2 Å². The van der Waals surface area contributed by atoms with Gasteiger partial charge in [0.05, 0.1) is 18.2 Å². The number of fused-ring (bicyclic) bond motifs is 1. The fourth-order valence-corrected chi connectivity index (χ4v) is 4.24. The van der Waals surface area contributed by atoms with Crippen LogP contribution in [-0.2, 0) is 25.8 Å². The summed E-state index contributed by atoms with van der Waals surface area (Å²) in [5.41, 5.74) is 2.71. The van der Waals surface area contributed by atoms with E-state index in [2.05, 4.69) is 14.7 Å². The second-order valence-corrected chi connectivity index (χ2v) is 8.11. The summed E-state index contributed by atoms with van der Waals surface area (Å²) in [4.78, 5) is 47.5. The van der Waals surface area contributed by atoms with Crippen LogP contribution in [0.15, 0.2) is 30.5 Å². The van der Waals surface area contributed by atoms with Crippen molar-refractivity contribution in [1.82, 2.24) is 4.98 Å². The quantitative estimate of drug-likeness (QED) is 0.328. The van der Waals surface area contributed by atoms with Gasteiger partial charge in [-0.25, -0.2) is 0 Å². The van der Waals surface area contributed by atoms with Crippen LogP contribution in [0.2, 0.25) is 5.02 Å². The van der Waals surface area contributed by atoms with Crippen molar-refractivity contribution in [2.75, 3.05) is 0 Å². The second-order valence-electron chi connectivity index (χ2n) is 7.67. The largest absolute Gasteiger partial charge is 0.424 e. The van der Waals surface area contributed by atoms with Crippen molar-refractivity contribution in [2.45, 2.75) is 44.7 Å². The number of aryl methyl sites for hydroxylation is 1. The van der Waals surface area contributed by atoms with Crippen molar-refractivity contribution in [2.24, 2.45) is 5.92 Å². The predicted octanol–water partition coefficient (Wildman–Crippen LogP) is 3.13. The van der Waals surface area contributed by atoms with Crippen molar-refractivity contribution in [3.05, 3.63) is 78.1 Å². The lowest BCUT2D eigenvalue weighted by molar-refractivity contribution is -0.797. The maximum Gasteiger partial charge on any atom is 0.314 e. The Morgan fingerprint density at radius 1 is 1.12 bits per heavy atom. The Morgan fingerprint density at radius 2 is 1.73 bits per heavy atom. The van der Waals surface area contributed by atoms with Crippen LogP contribution in [0.4, 0.5) is 0 Å². The van der Waals surface area contributed by atoms with Gasteiger partial charge in [-0.1, -0.05) is 23.7 Å². The highest BCUT2D eigenvalue weighted by molar-refractivity contribution is 6.30. The lowest BCUT2D eigenvalue weighted by atomic mass is 10.00. The second kappa shape index (κ2) is 9.16. The van der Waals surface area contributed by atoms with Crippen molar-refractivity contribution < 1.29 is 34.1 Å². The highest BCUT2D eigenvalue weighted by Crippen LogP contribution is 2.42. The number of hydrogen-bond acceptors (Lipinski definition) is 10. The van der Waals surface area contributed by atoms with E-state index < -0.39 is 40.4 Å². The van der Waals surface area contributed by atoms with E-state index in [0.717, 1.165) is 11.1 Å². The van der Waals surface area contributed by atoms with Crippen LogP contribution in [0, 0.1) is 33.1 Å². The first kappa shape index (κ1) is 22.7. The number of pyridine rings is 1. The molecule has 1 saturated carbocycles. The molecule has 12 nitrogen and oxygen atoms in total. The zero-order valence-corrected chi connectivity index (χ0v) is 18.0. The minimum atomic E-state index is -1.26. The third-order valence-electron chi connectivity index (χ3n) is 5.63. The standard InChI is InChI=1S/C20H18ClN3O9/c1-10-18(15-9-30-19(14(15)8-22-10)11-2-4-13(21)5-3-11)31-20(25)12-6-16(32-23(26)27)17(7-12)33-24(28)29/h2-5,8,12,16-17,19H,6-7,9H2,1H3/t12-,16+,17-,19?. The number of nitrogens with zero attached hydrogens (tertiary/aromatic N) is 3. The average Bonchev–Trinajstić information content (AvgIpc) is 3.34. The van der Waals surface area contributed by atoms with Gasteiger partial charge in [-0.2, -0.15) is 0 Å². The van der Waals surface area contributed by atoms with Crippen molar-refractivity contribution in [3.8, 4) is 5.75 Å². The highest BCUT2D eigenvalue weighted by Gasteiger charge is 2.44. The molecule has 0 amide bonds. The van der Waals surface area contributed by atoms with Gasteiger partial charge in [0.1, 0.15) is 18.3 Å². The number of ether oxygens (including phenoxy) is 2. The average molecular weight is 480 g/mol. The molecule has 2 aliphatic rings. The molecular formula is C20H18ClN3O9. The third kappa shape index (κ3) is 4.81. The topological polar surface area (TPSA) is 153 Å². The molecule has 13 heteroatoms. The smallest absolute Gasteiger partial charge is 0.314 e. The Balaban J connectivity index is 1.53. The summed E-state index contributed by atoms with van der Waals surface area (Å²) < 4.78 is 11.5. The number of rotatable bonds is 7. The molecule has 1 aromatic heterocycles. The van der Waals surface area contributed by atoms with E-state index in [1.54, 1.807) is 25.3 Å². The SMILES string of the molecule is Cc1ncc2c(c1OC(=O)[C@@H]1C[C@H](O[N+](=O)[O-])[C@H](O[N+](=O)[O-])C1)COC2c1ccc(Cl)cc1. The van der Waals surface area contributed by atoms with Crippen molar-refractivity contribution >= 4 is 17.6 Å². The molecule has 1 unspecified atom stereocenters. The summed E-state index contributed by atoms with van der Waals surface area (Å²) in [6, 6.07) is 7.15. The Labute approximate surface area is 191 Å². The molecule has 1 fully saturated rings. The molecule has 4 atom stereocenters. The lowest BCUT2D eigenvalue weighted by Gasteiger charge is -2.15. The van der Waals surface area contributed by atoms with Gasteiger partial charge in [0.2, 0.25) is 0 Å². The van der Waals surface area contributed by atoms with E-state index in [1.807, 2.05) is 12.1 Å². The van der Waals surface area contributed by atoms with Gasteiger partial charge in [0, 0.05) is 22.3 Å². The van der Waals surface area contributed by atoms with Crippen LogP contribution in [0.1, 0.15) is 41.3 Å². The zero-order valence-electron chi connectivity index (χ0n) is 17.2. The Morgan fingerprint density at radius 3 is 2.30 bits per heavy atom. The highest BCUT2D eigenvalue weighted by atomic mass is 35.5. The number of esters is 1. The van der Waals surface area contributed by atoms with E-state index in [0.29, 0.717) is 16.3 Å². The zero-order chi connectivity index (χ0) is 23.7. The molecule has 1 aliphatic carbocycles. The van der Waals surface area contributed by atoms with Crippen LogP contribution < -0.4 is 4.74 Å². The van der Waals surface area contributed by atoms with E-state index in [9.17, 15) is 25.0 Å². The molecule has 2 heterocycles. The molecule has 1 aromatic carbocycles. The molecule has 4 rings (SSSR count). The van der Waals surface area contributed by atoms with Crippen LogP contribution in [-0.4, -0.2) is 33.3 Å². The summed E-state index contributed by atoms with van der Waals surface area (Å²) in [6.45, 7) is 1.85. The summed E-state index contributed by atoms with van der Waals surface area (Å²) in [5, 5.41) is 19.9. The first-order chi connectivity index (χ1) is 15.7. The molecule has 0 radical (unpaired) electrons. The Bertz CT molecular complexity index is 1070. The Kier molecular flexibility index (Phi) is 6.29. The van der Waals surface area contributed by atoms with Gasteiger partial charge < -0.3 is 19.1 Å². The molecule has 0 bridgehead atoms. The number of carbonyl (C=O) groups is 1. The minimum Gasteiger partial charge on any atom is -0.424 e. The molecule has 33 heavy (non-hydrogen) atoms. The molecule has 0 N–H and O–H groups in total. The van der Waals surface area contributed by atoms with Gasteiger partial charge in [-0.3, -0.25) is 9.78 Å². The minimum absolute atomic E-state index is 0.163. The molecule has 2 aromatic rings. The summed E-state index contributed by atoms with van der Waals surface area (Å²) in [5.74, 6) is -1.38. The summed E-state index contributed by atoms with van der Waals surface area (Å²) in [7, 11) is 0. The third-order valence-corrected chi connectivity index (χ3v) is 5.88. The van der Waals surface area contributed by atoms with Gasteiger partial charge in [0.15, 0.2) is 5.75 Å². The first-order valence-electron chi connectivity index (χ1n) is 9.92. The Hall–Kier alpha value is -3.51. The van der Waals surface area contributed by atoms with Crippen molar-refractivity contribution in [1.29, 1.82) is 0 Å². The maximum absolute atomic E-state index is 12.9. The molecule has 0 spiro atoms. The summed E-state index contributed by atoms with van der Waals surface area (Å²) in [6.07, 6.45) is -1.60. The normalized spacial score (nSPS) is 23.6.